The van der Waals surface area contributed by atoms with Gasteiger partial charge in [0.05, 0.1) is 0 Å². The lowest BCUT2D eigenvalue weighted by Crippen LogP contribution is -2.41. The van der Waals surface area contributed by atoms with Gasteiger partial charge in [-0.15, -0.1) is 0 Å². The van der Waals surface area contributed by atoms with Gasteiger partial charge in [0.1, 0.15) is 6.54 Å². The quantitative estimate of drug-likeness (QED) is 0.744. The lowest BCUT2D eigenvalue weighted by atomic mass is 10.2. The molecule has 0 aliphatic heterocycles. The van der Waals surface area contributed by atoms with Crippen LogP contribution in [0.1, 0.15) is 51.7 Å². The molecule has 0 saturated carbocycles. The highest BCUT2D eigenvalue weighted by Gasteiger charge is 2.22. The highest BCUT2D eigenvalue weighted by Crippen LogP contribution is 2.09. The van der Waals surface area contributed by atoms with Gasteiger partial charge in [0, 0.05) is 25.3 Å². The number of carboxylic acid groups (broad SMARTS) is 1. The average molecular weight is 297 g/mol. The predicted octanol–water partition coefficient (Wildman–Crippen LogP) is 1.67. The van der Waals surface area contributed by atoms with Gasteiger partial charge in [-0.25, -0.2) is 0 Å². The zero-order valence-electron chi connectivity index (χ0n) is 12.8. The molecule has 0 bridgehead atoms. The van der Waals surface area contributed by atoms with Crippen molar-refractivity contribution in [1.82, 2.24) is 15.0 Å². The molecule has 1 aromatic rings. The Labute approximate surface area is 124 Å². The molecule has 0 aliphatic rings. The molecule has 1 rings (SSSR count). The molecule has 0 radical (unpaired) electrons. The van der Waals surface area contributed by atoms with Crippen molar-refractivity contribution in [2.24, 2.45) is 0 Å². The topological polar surface area (TPSA) is 96.5 Å². The Kier molecular flexibility index (Phi) is 6.84. The number of carboxylic acids is 1. The molecule has 1 unspecified atom stereocenters. The van der Waals surface area contributed by atoms with Gasteiger partial charge < -0.3 is 14.5 Å². The van der Waals surface area contributed by atoms with Crippen LogP contribution in [-0.4, -0.2) is 44.6 Å². The Balaban J connectivity index is 2.57. The van der Waals surface area contributed by atoms with Crippen LogP contribution in [0, 0.1) is 0 Å². The van der Waals surface area contributed by atoms with E-state index in [1.165, 1.54) is 4.90 Å². The summed E-state index contributed by atoms with van der Waals surface area (Å²) < 4.78 is 5.07. The van der Waals surface area contributed by atoms with Crippen molar-refractivity contribution < 1.29 is 19.2 Å². The molecule has 1 aromatic heterocycles. The van der Waals surface area contributed by atoms with E-state index in [0.717, 1.165) is 12.8 Å². The molecular formula is C14H23N3O4. The zero-order valence-corrected chi connectivity index (χ0v) is 12.8. The summed E-state index contributed by atoms with van der Waals surface area (Å²) in [6, 6.07) is -0.105. The van der Waals surface area contributed by atoms with Crippen LogP contribution in [-0.2, 0) is 22.4 Å². The van der Waals surface area contributed by atoms with Crippen LogP contribution in [0.5, 0.6) is 0 Å². The Bertz CT molecular complexity index is 473. The fourth-order valence-corrected chi connectivity index (χ4v) is 1.93. The first-order valence-electron chi connectivity index (χ1n) is 7.30. The molecule has 0 aromatic carbocycles. The van der Waals surface area contributed by atoms with Crippen LogP contribution in [0.3, 0.4) is 0 Å². The van der Waals surface area contributed by atoms with Crippen LogP contribution in [0.4, 0.5) is 0 Å². The number of hydrogen-bond acceptors (Lipinski definition) is 5. The molecule has 1 N–H and O–H groups in total. The number of aryl methyl sites for hydroxylation is 2. The van der Waals surface area contributed by atoms with Gasteiger partial charge in [0.2, 0.25) is 11.8 Å². The van der Waals surface area contributed by atoms with E-state index >= 15 is 0 Å². The second-order valence-corrected chi connectivity index (χ2v) is 5.03. The smallest absolute Gasteiger partial charge is 0.323 e. The van der Waals surface area contributed by atoms with Gasteiger partial charge in [-0.05, 0) is 19.8 Å². The van der Waals surface area contributed by atoms with Gasteiger partial charge in [-0.2, -0.15) is 4.98 Å². The van der Waals surface area contributed by atoms with Crippen LogP contribution < -0.4 is 0 Å². The third kappa shape index (κ3) is 5.53. The number of nitrogens with zero attached hydrogens (tertiary/aromatic N) is 3. The largest absolute Gasteiger partial charge is 0.480 e. The van der Waals surface area contributed by atoms with Crippen molar-refractivity contribution in [1.29, 1.82) is 0 Å². The molecule has 0 spiro atoms. The van der Waals surface area contributed by atoms with E-state index < -0.39 is 5.97 Å². The molecule has 0 aliphatic carbocycles. The first-order chi connectivity index (χ1) is 9.97. The molecule has 1 atom stereocenters. The van der Waals surface area contributed by atoms with Crippen molar-refractivity contribution in [2.45, 2.75) is 58.9 Å². The summed E-state index contributed by atoms with van der Waals surface area (Å²) in [5.41, 5.74) is 0. The summed E-state index contributed by atoms with van der Waals surface area (Å²) in [6.07, 6.45) is 2.89. The number of carbonyl (C=O) groups excluding carboxylic acids is 1. The lowest BCUT2D eigenvalue weighted by molar-refractivity contribution is -0.146. The molecule has 7 nitrogen and oxygen atoms in total. The standard InChI is InChI=1S/C14H23N3O4/c1-4-6-11-15-12(21-16-11)7-8-13(18)17(9-14(19)20)10(3)5-2/h10H,4-9H2,1-3H3,(H,19,20). The van der Waals surface area contributed by atoms with Crippen molar-refractivity contribution in [2.75, 3.05) is 6.54 Å². The summed E-state index contributed by atoms with van der Waals surface area (Å²) in [5.74, 6) is -0.149. The fraction of sp³-hybridized carbons (Fsp3) is 0.714. The summed E-state index contributed by atoms with van der Waals surface area (Å²) in [6.45, 7) is 5.50. The highest BCUT2D eigenvalue weighted by molar-refractivity contribution is 5.81. The monoisotopic (exact) mass is 297 g/mol. The minimum atomic E-state index is -1.01. The third-order valence-corrected chi connectivity index (χ3v) is 3.29. The van der Waals surface area contributed by atoms with Crippen LogP contribution >= 0.6 is 0 Å². The van der Waals surface area contributed by atoms with Gasteiger partial charge in [-0.3, -0.25) is 9.59 Å². The Morgan fingerprint density at radius 3 is 2.62 bits per heavy atom. The molecule has 7 heteroatoms. The van der Waals surface area contributed by atoms with E-state index in [1.807, 2.05) is 20.8 Å². The summed E-state index contributed by atoms with van der Waals surface area (Å²) in [7, 11) is 0. The van der Waals surface area contributed by atoms with Gasteiger partial charge >= 0.3 is 5.97 Å². The first kappa shape index (κ1) is 17.1. The van der Waals surface area contributed by atoms with Crippen LogP contribution in [0.2, 0.25) is 0 Å². The maximum absolute atomic E-state index is 12.2. The van der Waals surface area contributed by atoms with E-state index in [4.69, 9.17) is 9.63 Å². The molecule has 1 heterocycles. The van der Waals surface area contributed by atoms with Crippen LogP contribution in [0.15, 0.2) is 4.52 Å². The molecule has 118 valence electrons. The Hall–Kier alpha value is -1.92. The van der Waals surface area contributed by atoms with E-state index in [-0.39, 0.29) is 24.9 Å². The number of rotatable bonds is 9. The fourth-order valence-electron chi connectivity index (χ4n) is 1.93. The molecule has 0 fully saturated rings. The number of aromatic nitrogens is 2. The van der Waals surface area contributed by atoms with E-state index in [1.54, 1.807) is 0 Å². The normalized spacial score (nSPS) is 12.1. The van der Waals surface area contributed by atoms with Crippen LogP contribution in [0.25, 0.3) is 0 Å². The lowest BCUT2D eigenvalue weighted by Gasteiger charge is -2.26. The minimum absolute atomic E-state index is 0.105. The number of carbonyl (C=O) groups is 2. The molecule has 0 saturated heterocycles. The molecule has 21 heavy (non-hydrogen) atoms. The van der Waals surface area contributed by atoms with Gasteiger partial charge in [0.25, 0.3) is 0 Å². The third-order valence-electron chi connectivity index (χ3n) is 3.29. The zero-order chi connectivity index (χ0) is 15.8. The highest BCUT2D eigenvalue weighted by atomic mass is 16.5. The second-order valence-electron chi connectivity index (χ2n) is 5.03. The SMILES string of the molecule is CCCc1noc(CCC(=O)N(CC(=O)O)C(C)CC)n1. The van der Waals surface area contributed by atoms with Gasteiger partial charge in [0.15, 0.2) is 5.82 Å². The van der Waals surface area contributed by atoms with E-state index in [9.17, 15) is 9.59 Å². The Morgan fingerprint density at radius 1 is 1.33 bits per heavy atom. The van der Waals surface area contributed by atoms with E-state index in [0.29, 0.717) is 24.6 Å². The maximum Gasteiger partial charge on any atom is 0.323 e. The van der Waals surface area contributed by atoms with Crippen molar-refractivity contribution in [3.8, 4) is 0 Å². The molecule has 1 amide bonds. The summed E-state index contributed by atoms with van der Waals surface area (Å²) in [5, 5.41) is 12.7. The minimum Gasteiger partial charge on any atom is -0.480 e. The average Bonchev–Trinajstić information content (AvgIpc) is 2.89. The maximum atomic E-state index is 12.2. The second kappa shape index (κ2) is 8.39. The number of aliphatic carboxylic acids is 1. The van der Waals surface area contributed by atoms with E-state index in [2.05, 4.69) is 10.1 Å². The first-order valence-corrected chi connectivity index (χ1v) is 7.30. The Morgan fingerprint density at radius 2 is 2.05 bits per heavy atom. The number of hydrogen-bond donors (Lipinski definition) is 1. The van der Waals surface area contributed by atoms with Crippen molar-refractivity contribution in [3.05, 3.63) is 11.7 Å². The molecular weight excluding hydrogens is 274 g/mol. The van der Waals surface area contributed by atoms with Crippen molar-refractivity contribution in [3.63, 3.8) is 0 Å². The summed E-state index contributed by atoms with van der Waals surface area (Å²) >= 11 is 0. The summed E-state index contributed by atoms with van der Waals surface area (Å²) in [4.78, 5) is 28.6. The predicted molar refractivity (Wildman–Crippen MR) is 75.7 cm³/mol. The number of amides is 1. The van der Waals surface area contributed by atoms with Gasteiger partial charge in [-0.1, -0.05) is 19.0 Å². The van der Waals surface area contributed by atoms with Crippen molar-refractivity contribution >= 4 is 11.9 Å².